The van der Waals surface area contributed by atoms with E-state index in [0.29, 0.717) is 28.0 Å². The summed E-state index contributed by atoms with van der Waals surface area (Å²) < 4.78 is 32.8. The van der Waals surface area contributed by atoms with Crippen molar-refractivity contribution in [1.29, 1.82) is 0 Å². The molecule has 4 rings (SSSR count). The van der Waals surface area contributed by atoms with Gasteiger partial charge < -0.3 is 0 Å². The summed E-state index contributed by atoms with van der Waals surface area (Å²) in [7, 11) is -4.33. The first-order valence-electron chi connectivity index (χ1n) is 8.35. The summed E-state index contributed by atoms with van der Waals surface area (Å²) in [6.45, 7) is 1.62. The van der Waals surface area contributed by atoms with Gasteiger partial charge in [-0.2, -0.15) is 8.42 Å². The molecule has 0 aliphatic heterocycles. The largest absolute Gasteiger partial charge is 0.294 e. The fourth-order valence-corrected chi connectivity index (χ4v) is 3.83. The van der Waals surface area contributed by atoms with Crippen molar-refractivity contribution in [2.45, 2.75) is 11.8 Å². The summed E-state index contributed by atoms with van der Waals surface area (Å²) in [5, 5.41) is 0. The van der Waals surface area contributed by atoms with Crippen LogP contribution in [-0.4, -0.2) is 22.9 Å². The SMILES string of the molecule is Cc1c(S(=O)(=O)O)ccc2nc(-c3ccccc3)c(-c3ccccc3)nc12. The van der Waals surface area contributed by atoms with Crippen molar-refractivity contribution in [3.8, 4) is 22.5 Å². The summed E-state index contributed by atoms with van der Waals surface area (Å²) in [5.41, 5.74) is 4.56. The molecule has 1 N–H and O–H groups in total. The molecule has 0 fully saturated rings. The van der Waals surface area contributed by atoms with Crippen LogP contribution in [0.5, 0.6) is 0 Å². The van der Waals surface area contributed by atoms with Gasteiger partial charge in [-0.1, -0.05) is 60.7 Å². The lowest BCUT2D eigenvalue weighted by Crippen LogP contribution is -2.04. The number of rotatable bonds is 3. The number of benzene rings is 3. The molecule has 0 radical (unpaired) electrons. The van der Waals surface area contributed by atoms with E-state index < -0.39 is 10.1 Å². The first-order chi connectivity index (χ1) is 12.9. The lowest BCUT2D eigenvalue weighted by molar-refractivity contribution is 0.482. The molecule has 0 atom stereocenters. The van der Waals surface area contributed by atoms with Gasteiger partial charge in [0.25, 0.3) is 10.1 Å². The molecule has 6 heteroatoms. The van der Waals surface area contributed by atoms with E-state index in [1.165, 1.54) is 6.07 Å². The van der Waals surface area contributed by atoms with Crippen LogP contribution in [0.1, 0.15) is 5.56 Å². The van der Waals surface area contributed by atoms with Crippen LogP contribution in [0.3, 0.4) is 0 Å². The Balaban J connectivity index is 2.08. The number of nitrogens with zero attached hydrogens (tertiary/aromatic N) is 2. The molecular weight excluding hydrogens is 360 g/mol. The highest BCUT2D eigenvalue weighted by molar-refractivity contribution is 7.85. The molecule has 27 heavy (non-hydrogen) atoms. The molecule has 1 heterocycles. The van der Waals surface area contributed by atoms with Gasteiger partial charge in [0.05, 0.1) is 27.3 Å². The number of fused-ring (bicyclic) bond motifs is 1. The lowest BCUT2D eigenvalue weighted by Gasteiger charge is -2.13. The van der Waals surface area contributed by atoms with E-state index in [0.717, 1.165) is 11.1 Å². The van der Waals surface area contributed by atoms with Gasteiger partial charge in [0.2, 0.25) is 0 Å². The normalized spacial score (nSPS) is 11.6. The third-order valence-electron chi connectivity index (χ3n) is 4.41. The van der Waals surface area contributed by atoms with E-state index >= 15 is 0 Å². The molecule has 0 bridgehead atoms. The molecule has 134 valence electrons. The Kier molecular flexibility index (Phi) is 4.22. The van der Waals surface area contributed by atoms with Crippen molar-refractivity contribution in [3.63, 3.8) is 0 Å². The number of hydrogen-bond donors (Lipinski definition) is 1. The molecular formula is C21H16N2O3S. The van der Waals surface area contributed by atoms with E-state index in [1.54, 1.807) is 13.0 Å². The van der Waals surface area contributed by atoms with Gasteiger partial charge in [-0.05, 0) is 24.6 Å². The Labute approximate surface area is 157 Å². The maximum absolute atomic E-state index is 11.6. The van der Waals surface area contributed by atoms with Gasteiger partial charge in [-0.3, -0.25) is 4.55 Å². The molecule has 0 spiro atoms. The second-order valence-electron chi connectivity index (χ2n) is 6.18. The van der Waals surface area contributed by atoms with E-state index in [9.17, 15) is 13.0 Å². The molecule has 5 nitrogen and oxygen atoms in total. The van der Waals surface area contributed by atoms with E-state index in [1.807, 2.05) is 60.7 Å². The zero-order chi connectivity index (χ0) is 19.0. The Morgan fingerprint density at radius 1 is 0.741 bits per heavy atom. The Bertz CT molecular complexity index is 1240. The average Bonchev–Trinajstić information content (AvgIpc) is 2.68. The summed E-state index contributed by atoms with van der Waals surface area (Å²) in [6.07, 6.45) is 0. The molecule has 0 unspecified atom stereocenters. The topological polar surface area (TPSA) is 80.2 Å². The number of aromatic nitrogens is 2. The minimum Gasteiger partial charge on any atom is -0.282 e. The van der Waals surface area contributed by atoms with Gasteiger partial charge in [0.15, 0.2) is 0 Å². The van der Waals surface area contributed by atoms with Crippen LogP contribution in [0.15, 0.2) is 77.7 Å². The quantitative estimate of drug-likeness (QED) is 0.532. The van der Waals surface area contributed by atoms with Crippen molar-refractivity contribution >= 4 is 21.2 Å². The van der Waals surface area contributed by atoms with Crippen molar-refractivity contribution in [2.75, 3.05) is 0 Å². The fourth-order valence-electron chi connectivity index (χ4n) is 3.11. The highest BCUT2D eigenvalue weighted by Gasteiger charge is 2.19. The maximum Gasteiger partial charge on any atom is 0.294 e. The van der Waals surface area contributed by atoms with Gasteiger partial charge in [0, 0.05) is 11.1 Å². The summed E-state index contributed by atoms with van der Waals surface area (Å²) >= 11 is 0. The second-order valence-corrected chi connectivity index (χ2v) is 7.57. The highest BCUT2D eigenvalue weighted by Crippen LogP contribution is 2.32. The van der Waals surface area contributed by atoms with Crippen molar-refractivity contribution < 1.29 is 13.0 Å². The van der Waals surface area contributed by atoms with Crippen molar-refractivity contribution in [1.82, 2.24) is 9.97 Å². The number of hydrogen-bond acceptors (Lipinski definition) is 4. The van der Waals surface area contributed by atoms with Crippen LogP contribution in [0, 0.1) is 6.92 Å². The standard InChI is InChI=1S/C21H16N2O3S/c1-14-18(27(24,25)26)13-12-17-19(14)23-21(16-10-6-3-7-11-16)20(22-17)15-8-4-2-5-9-15/h2-13H,1H3,(H,24,25,26). The molecule has 4 aromatic rings. The third-order valence-corrected chi connectivity index (χ3v) is 5.41. The summed E-state index contributed by atoms with van der Waals surface area (Å²) in [6, 6.07) is 22.3. The van der Waals surface area contributed by atoms with Crippen LogP contribution in [0.4, 0.5) is 0 Å². The van der Waals surface area contributed by atoms with Gasteiger partial charge in [-0.25, -0.2) is 9.97 Å². The first kappa shape index (κ1) is 17.3. The molecule has 0 aliphatic carbocycles. The van der Waals surface area contributed by atoms with E-state index in [2.05, 4.69) is 0 Å². The van der Waals surface area contributed by atoms with Crippen molar-refractivity contribution in [2.24, 2.45) is 0 Å². The molecule has 0 aliphatic rings. The predicted molar refractivity (Wildman–Crippen MR) is 105 cm³/mol. The number of aryl methyl sites for hydroxylation is 1. The van der Waals surface area contributed by atoms with Crippen LogP contribution >= 0.6 is 0 Å². The van der Waals surface area contributed by atoms with Gasteiger partial charge in [-0.15, -0.1) is 0 Å². The highest BCUT2D eigenvalue weighted by atomic mass is 32.2. The fraction of sp³-hybridized carbons (Fsp3) is 0.0476. The second kappa shape index (κ2) is 6.57. The predicted octanol–water partition coefficient (Wildman–Crippen LogP) is 4.52. The van der Waals surface area contributed by atoms with E-state index in [4.69, 9.17) is 9.97 Å². The minimum atomic E-state index is -4.33. The third kappa shape index (κ3) is 3.20. The zero-order valence-electron chi connectivity index (χ0n) is 14.5. The van der Waals surface area contributed by atoms with Crippen LogP contribution in [0.25, 0.3) is 33.5 Å². The molecule has 0 saturated heterocycles. The summed E-state index contributed by atoms with van der Waals surface area (Å²) in [4.78, 5) is 9.37. The Hall–Kier alpha value is -3.09. The molecule has 0 amide bonds. The molecule has 0 saturated carbocycles. The Morgan fingerprint density at radius 3 is 1.78 bits per heavy atom. The molecule has 1 aromatic heterocycles. The zero-order valence-corrected chi connectivity index (χ0v) is 15.3. The minimum absolute atomic E-state index is 0.157. The average molecular weight is 376 g/mol. The van der Waals surface area contributed by atoms with Crippen LogP contribution in [0.2, 0.25) is 0 Å². The van der Waals surface area contributed by atoms with Gasteiger partial charge >= 0.3 is 0 Å². The van der Waals surface area contributed by atoms with Crippen LogP contribution in [-0.2, 0) is 10.1 Å². The Morgan fingerprint density at radius 2 is 1.26 bits per heavy atom. The first-order valence-corrected chi connectivity index (χ1v) is 9.79. The summed E-state index contributed by atoms with van der Waals surface area (Å²) in [5.74, 6) is 0. The lowest BCUT2D eigenvalue weighted by atomic mass is 10.0. The van der Waals surface area contributed by atoms with Crippen LogP contribution < -0.4 is 0 Å². The smallest absolute Gasteiger partial charge is 0.282 e. The van der Waals surface area contributed by atoms with E-state index in [-0.39, 0.29) is 4.90 Å². The van der Waals surface area contributed by atoms with Gasteiger partial charge in [0.1, 0.15) is 0 Å². The van der Waals surface area contributed by atoms with Crippen molar-refractivity contribution in [3.05, 3.63) is 78.4 Å². The monoisotopic (exact) mass is 376 g/mol. The maximum atomic E-state index is 11.6. The molecule has 3 aromatic carbocycles.